The van der Waals surface area contributed by atoms with Gasteiger partial charge >= 0.3 is 6.03 Å². The molecule has 0 aliphatic carbocycles. The Bertz CT molecular complexity index is 1290. The lowest BCUT2D eigenvalue weighted by Gasteiger charge is -2.35. The van der Waals surface area contributed by atoms with E-state index in [1.165, 1.54) is 12.0 Å². The number of hydrogen-bond acceptors (Lipinski definition) is 7. The molecule has 3 rings (SSSR count). The SMILES string of the molecule is CC[C@@](CN(C)C(=O)c1cc(OC)ccc1C)(NC(=O)NC=O)c1cc2nc(C(=N)N)ccc2o1. The van der Waals surface area contributed by atoms with E-state index in [2.05, 4.69) is 15.6 Å². The Morgan fingerprint density at radius 1 is 1.29 bits per heavy atom. The van der Waals surface area contributed by atoms with Crippen molar-refractivity contribution >= 4 is 35.3 Å². The topological polar surface area (TPSA) is 164 Å². The number of hydrogen-bond donors (Lipinski definition) is 4. The Morgan fingerprint density at radius 2 is 2.03 bits per heavy atom. The van der Waals surface area contributed by atoms with Gasteiger partial charge in [-0.3, -0.25) is 20.3 Å². The maximum absolute atomic E-state index is 13.4. The molecule has 5 N–H and O–H groups in total. The van der Waals surface area contributed by atoms with Gasteiger partial charge in [0.1, 0.15) is 34.1 Å². The molecule has 0 radical (unpaired) electrons. The summed E-state index contributed by atoms with van der Waals surface area (Å²) in [6.45, 7) is 3.66. The standard InChI is InChI=1S/C24H28N6O5/c1-5-24(29-23(33)27-13-31,20-11-18-19(35-20)9-8-17(28-18)21(25)26)12-30(3)22(32)16-10-15(34-4)7-6-14(16)2/h6-11,13H,5,12H2,1-4H3,(H3,25,26)(H2,27,29,31,33)/t24-/m0/s1. The Balaban J connectivity index is 2.04. The van der Waals surface area contributed by atoms with Crippen LogP contribution in [0.15, 0.2) is 40.8 Å². The highest BCUT2D eigenvalue weighted by atomic mass is 16.5. The van der Waals surface area contributed by atoms with E-state index < -0.39 is 11.6 Å². The molecule has 0 saturated heterocycles. The van der Waals surface area contributed by atoms with Crippen LogP contribution in [0.3, 0.4) is 0 Å². The van der Waals surface area contributed by atoms with Crippen molar-refractivity contribution in [2.45, 2.75) is 25.8 Å². The fourth-order valence-corrected chi connectivity index (χ4v) is 3.81. The molecule has 4 amide bonds. The van der Waals surface area contributed by atoms with Crippen LogP contribution in [0.2, 0.25) is 0 Å². The molecule has 0 fully saturated rings. The predicted molar refractivity (Wildman–Crippen MR) is 129 cm³/mol. The van der Waals surface area contributed by atoms with Gasteiger partial charge in [0.15, 0.2) is 5.58 Å². The molecule has 11 nitrogen and oxygen atoms in total. The second kappa shape index (κ2) is 10.2. The molecule has 0 spiro atoms. The number of pyridine rings is 1. The van der Waals surface area contributed by atoms with Gasteiger partial charge in [0.05, 0.1) is 13.7 Å². The first-order valence-corrected chi connectivity index (χ1v) is 10.8. The average Bonchev–Trinajstić information content (AvgIpc) is 3.27. The third-order valence-corrected chi connectivity index (χ3v) is 5.80. The quantitative estimate of drug-likeness (QED) is 0.207. The van der Waals surface area contributed by atoms with Gasteiger partial charge in [0.2, 0.25) is 6.41 Å². The Labute approximate surface area is 202 Å². The number of rotatable bonds is 9. The van der Waals surface area contributed by atoms with Gasteiger partial charge in [-0.1, -0.05) is 13.0 Å². The van der Waals surface area contributed by atoms with Crippen molar-refractivity contribution in [2.75, 3.05) is 20.7 Å². The number of carbonyl (C=O) groups is 3. The summed E-state index contributed by atoms with van der Waals surface area (Å²) in [5, 5.41) is 12.5. The van der Waals surface area contributed by atoms with E-state index in [0.717, 1.165) is 5.56 Å². The number of nitrogens with two attached hydrogens (primary N) is 1. The minimum absolute atomic E-state index is 0.0185. The Hall–Kier alpha value is -4.41. The van der Waals surface area contributed by atoms with Crippen LogP contribution >= 0.6 is 0 Å². The number of nitrogens with zero attached hydrogens (tertiary/aromatic N) is 2. The summed E-state index contributed by atoms with van der Waals surface area (Å²) in [6, 6.07) is 9.27. The minimum atomic E-state index is -1.21. The lowest BCUT2D eigenvalue weighted by atomic mass is 9.91. The van der Waals surface area contributed by atoms with Crippen LogP contribution < -0.4 is 21.1 Å². The molecule has 0 aliphatic heterocycles. The summed E-state index contributed by atoms with van der Waals surface area (Å²) < 4.78 is 11.3. The molecule has 11 heteroatoms. The summed E-state index contributed by atoms with van der Waals surface area (Å²) >= 11 is 0. The maximum atomic E-state index is 13.4. The van der Waals surface area contributed by atoms with E-state index in [1.54, 1.807) is 43.4 Å². The highest BCUT2D eigenvalue weighted by molar-refractivity contribution is 5.96. The Morgan fingerprint density at radius 3 is 2.66 bits per heavy atom. The van der Waals surface area contributed by atoms with Crippen LogP contribution in [0.1, 0.15) is 40.7 Å². The smallest absolute Gasteiger partial charge is 0.322 e. The minimum Gasteiger partial charge on any atom is -0.497 e. The zero-order chi connectivity index (χ0) is 25.8. The molecule has 3 aromatic rings. The van der Waals surface area contributed by atoms with E-state index in [0.29, 0.717) is 34.6 Å². The van der Waals surface area contributed by atoms with Crippen LogP contribution in [0.5, 0.6) is 5.75 Å². The van der Waals surface area contributed by atoms with Crippen molar-refractivity contribution in [1.82, 2.24) is 20.5 Å². The lowest BCUT2D eigenvalue weighted by molar-refractivity contribution is -0.108. The van der Waals surface area contributed by atoms with Gasteiger partial charge in [-0.2, -0.15) is 0 Å². The van der Waals surface area contributed by atoms with Crippen molar-refractivity contribution in [3.05, 3.63) is 59.0 Å². The van der Waals surface area contributed by atoms with Gasteiger partial charge in [-0.25, -0.2) is 9.78 Å². The number of nitrogen functional groups attached to an aromatic ring is 1. The molecule has 0 aliphatic rings. The van der Waals surface area contributed by atoms with Gasteiger partial charge in [-0.05, 0) is 43.2 Å². The average molecular weight is 481 g/mol. The predicted octanol–water partition coefficient (Wildman–Crippen LogP) is 2.26. The van der Waals surface area contributed by atoms with Crippen molar-refractivity contribution in [3.8, 4) is 5.75 Å². The summed E-state index contributed by atoms with van der Waals surface area (Å²) in [6.07, 6.45) is 0.580. The van der Waals surface area contributed by atoms with E-state index in [9.17, 15) is 14.4 Å². The number of carbonyl (C=O) groups excluding carboxylic acids is 3. The van der Waals surface area contributed by atoms with Crippen LogP contribution in [-0.4, -0.2) is 54.8 Å². The lowest BCUT2D eigenvalue weighted by Crippen LogP contribution is -2.55. The van der Waals surface area contributed by atoms with Crippen molar-refractivity contribution < 1.29 is 23.5 Å². The maximum Gasteiger partial charge on any atom is 0.322 e. The monoisotopic (exact) mass is 480 g/mol. The number of amidine groups is 1. The molecule has 0 unspecified atom stereocenters. The van der Waals surface area contributed by atoms with Gasteiger partial charge in [0.25, 0.3) is 5.91 Å². The van der Waals surface area contributed by atoms with Gasteiger partial charge in [-0.15, -0.1) is 0 Å². The van der Waals surface area contributed by atoms with E-state index in [4.69, 9.17) is 20.3 Å². The molecular formula is C24H28N6O5. The molecule has 1 aromatic carbocycles. The van der Waals surface area contributed by atoms with Crippen molar-refractivity contribution in [1.29, 1.82) is 5.41 Å². The Kier molecular flexibility index (Phi) is 7.38. The first-order valence-electron chi connectivity index (χ1n) is 10.8. The number of fused-ring (bicyclic) bond motifs is 1. The number of aromatic nitrogens is 1. The number of furan rings is 1. The number of urea groups is 1. The zero-order valence-electron chi connectivity index (χ0n) is 20.0. The summed E-state index contributed by atoms with van der Waals surface area (Å²) in [5.41, 5.74) is 6.68. The largest absolute Gasteiger partial charge is 0.497 e. The summed E-state index contributed by atoms with van der Waals surface area (Å²) in [5.74, 6) is 0.386. The van der Waals surface area contributed by atoms with E-state index in [1.807, 2.05) is 13.8 Å². The normalized spacial score (nSPS) is 12.5. The highest BCUT2D eigenvalue weighted by Gasteiger charge is 2.38. The number of methoxy groups -OCH3 is 1. The molecule has 2 heterocycles. The number of benzene rings is 1. The van der Waals surface area contributed by atoms with E-state index in [-0.39, 0.29) is 30.4 Å². The fraction of sp³-hybridized carbons (Fsp3) is 0.292. The van der Waals surface area contributed by atoms with E-state index >= 15 is 0 Å². The molecular weight excluding hydrogens is 452 g/mol. The highest BCUT2D eigenvalue weighted by Crippen LogP contribution is 2.32. The van der Waals surface area contributed by atoms with Crippen molar-refractivity contribution in [2.24, 2.45) is 5.73 Å². The first kappa shape index (κ1) is 25.2. The molecule has 2 aromatic heterocycles. The summed E-state index contributed by atoms with van der Waals surface area (Å²) in [4.78, 5) is 42.5. The fourth-order valence-electron chi connectivity index (χ4n) is 3.81. The number of likely N-dealkylation sites (N-methyl/N-ethyl adjacent to an activating group) is 1. The second-order valence-corrected chi connectivity index (χ2v) is 8.10. The van der Waals surface area contributed by atoms with Gasteiger partial charge in [0, 0.05) is 18.7 Å². The molecule has 0 saturated carbocycles. The molecule has 35 heavy (non-hydrogen) atoms. The van der Waals surface area contributed by atoms with Crippen molar-refractivity contribution in [3.63, 3.8) is 0 Å². The zero-order valence-corrected chi connectivity index (χ0v) is 20.0. The van der Waals surface area contributed by atoms with Crippen LogP contribution in [-0.2, 0) is 10.3 Å². The number of aryl methyl sites for hydroxylation is 1. The molecule has 1 atom stereocenters. The molecule has 0 bridgehead atoms. The van der Waals surface area contributed by atoms with Crippen LogP contribution in [0.25, 0.3) is 11.1 Å². The second-order valence-electron chi connectivity index (χ2n) is 8.10. The van der Waals surface area contributed by atoms with Gasteiger partial charge < -0.3 is 25.1 Å². The third kappa shape index (κ3) is 5.24. The number of nitrogens with one attached hydrogen (secondary N) is 3. The number of imide groups is 1. The van der Waals surface area contributed by atoms with Crippen LogP contribution in [0.4, 0.5) is 4.79 Å². The molecule has 184 valence electrons. The number of ether oxygens (including phenoxy) is 1. The third-order valence-electron chi connectivity index (χ3n) is 5.80. The summed E-state index contributed by atoms with van der Waals surface area (Å²) in [7, 11) is 3.13. The first-order chi connectivity index (χ1) is 16.6. The van der Waals surface area contributed by atoms with Crippen LogP contribution in [0, 0.1) is 12.3 Å². The number of amides is 4.